The van der Waals surface area contributed by atoms with E-state index in [0.29, 0.717) is 5.02 Å². The van der Waals surface area contributed by atoms with Crippen LogP contribution in [-0.4, -0.2) is 34.9 Å². The Labute approximate surface area is 171 Å². The third kappa shape index (κ3) is 5.71. The van der Waals surface area contributed by atoms with Crippen molar-refractivity contribution in [3.05, 3.63) is 46.5 Å². The van der Waals surface area contributed by atoms with Crippen LogP contribution in [0.4, 0.5) is 5.82 Å². The Morgan fingerprint density at radius 2 is 1.93 bits per heavy atom. The molecular weight excluding hydrogens is 409 g/mol. The predicted octanol–water partition coefficient (Wildman–Crippen LogP) is 3.31. The van der Waals surface area contributed by atoms with Gasteiger partial charge in [0, 0.05) is 6.20 Å². The van der Waals surface area contributed by atoms with Gasteiger partial charge in [-0.2, -0.15) is 0 Å². The van der Waals surface area contributed by atoms with Gasteiger partial charge in [0.1, 0.15) is 6.04 Å². The largest absolute Gasteiger partial charge is 0.459 e. The standard InChI is InChI=1S/C18H19Cl2N3O5/c1-9(2)14(22-17(25)13-5-4-6-27-13)18(26)28-10(3)16(24)23-15-12(20)7-11(19)8-21-15/h4-10,14H,1-3H3,(H,22,25)(H,21,23,24)/t10-,14+/m0/s1. The summed E-state index contributed by atoms with van der Waals surface area (Å²) >= 11 is 11.7. The van der Waals surface area contributed by atoms with Gasteiger partial charge in [-0.1, -0.05) is 37.0 Å². The van der Waals surface area contributed by atoms with Crippen molar-refractivity contribution >= 4 is 46.8 Å². The van der Waals surface area contributed by atoms with Crippen LogP contribution in [0.25, 0.3) is 0 Å². The molecule has 0 aliphatic carbocycles. The molecule has 8 nitrogen and oxygen atoms in total. The van der Waals surface area contributed by atoms with E-state index < -0.39 is 29.9 Å². The fraction of sp³-hybridized carbons (Fsp3) is 0.333. The summed E-state index contributed by atoms with van der Waals surface area (Å²) in [5, 5.41) is 5.45. The molecule has 2 heterocycles. The molecule has 0 saturated carbocycles. The van der Waals surface area contributed by atoms with E-state index >= 15 is 0 Å². The van der Waals surface area contributed by atoms with Crippen LogP contribution in [0.5, 0.6) is 0 Å². The number of hydrogen-bond acceptors (Lipinski definition) is 6. The summed E-state index contributed by atoms with van der Waals surface area (Å²) in [7, 11) is 0. The average molecular weight is 428 g/mol. The van der Waals surface area contributed by atoms with E-state index in [-0.39, 0.29) is 22.5 Å². The molecule has 0 unspecified atom stereocenters. The zero-order valence-corrected chi connectivity index (χ0v) is 16.9. The van der Waals surface area contributed by atoms with E-state index in [4.69, 9.17) is 32.4 Å². The number of amides is 2. The minimum Gasteiger partial charge on any atom is -0.459 e. The lowest BCUT2D eigenvalue weighted by atomic mass is 10.0. The second-order valence-electron chi connectivity index (χ2n) is 6.22. The predicted molar refractivity (Wildman–Crippen MR) is 103 cm³/mol. The van der Waals surface area contributed by atoms with Gasteiger partial charge in [0.25, 0.3) is 11.8 Å². The molecule has 2 aromatic rings. The van der Waals surface area contributed by atoms with Crippen LogP contribution in [0.2, 0.25) is 10.0 Å². The van der Waals surface area contributed by atoms with Crippen molar-refractivity contribution in [2.45, 2.75) is 32.9 Å². The Balaban J connectivity index is 1.99. The molecule has 2 atom stereocenters. The third-order valence-electron chi connectivity index (χ3n) is 3.66. The molecule has 0 aromatic carbocycles. The number of pyridine rings is 1. The zero-order chi connectivity index (χ0) is 20.8. The maximum absolute atomic E-state index is 12.5. The monoisotopic (exact) mass is 427 g/mol. The molecule has 0 aliphatic rings. The van der Waals surface area contributed by atoms with Crippen molar-refractivity contribution in [1.82, 2.24) is 10.3 Å². The second-order valence-corrected chi connectivity index (χ2v) is 7.07. The Morgan fingerprint density at radius 1 is 1.21 bits per heavy atom. The Bertz CT molecular complexity index is 855. The first-order chi connectivity index (χ1) is 13.2. The van der Waals surface area contributed by atoms with Crippen LogP contribution in [-0.2, 0) is 14.3 Å². The van der Waals surface area contributed by atoms with Crippen molar-refractivity contribution in [2.75, 3.05) is 5.32 Å². The van der Waals surface area contributed by atoms with E-state index in [2.05, 4.69) is 15.6 Å². The van der Waals surface area contributed by atoms with Crippen molar-refractivity contribution in [2.24, 2.45) is 5.92 Å². The summed E-state index contributed by atoms with van der Waals surface area (Å²) in [6, 6.07) is 3.48. The fourth-order valence-corrected chi connectivity index (χ4v) is 2.57. The lowest BCUT2D eigenvalue weighted by Crippen LogP contribution is -2.47. The highest BCUT2D eigenvalue weighted by Gasteiger charge is 2.30. The summed E-state index contributed by atoms with van der Waals surface area (Å²) in [6.45, 7) is 4.86. The van der Waals surface area contributed by atoms with Gasteiger partial charge in [-0.3, -0.25) is 9.59 Å². The molecule has 0 aliphatic heterocycles. The molecule has 0 spiro atoms. The molecular formula is C18H19Cl2N3O5. The molecule has 2 aromatic heterocycles. The van der Waals surface area contributed by atoms with E-state index in [1.807, 2.05) is 0 Å². The van der Waals surface area contributed by atoms with Crippen LogP contribution >= 0.6 is 23.2 Å². The number of furan rings is 1. The smallest absolute Gasteiger partial charge is 0.329 e. The van der Waals surface area contributed by atoms with Crippen LogP contribution in [0.1, 0.15) is 31.3 Å². The Morgan fingerprint density at radius 3 is 2.50 bits per heavy atom. The molecule has 2 rings (SSSR count). The SMILES string of the molecule is CC(C)[C@@H](NC(=O)c1ccco1)C(=O)O[C@@H](C)C(=O)Nc1ncc(Cl)cc1Cl. The first kappa shape index (κ1) is 21.7. The Kier molecular flexibility index (Phi) is 7.42. The maximum Gasteiger partial charge on any atom is 0.329 e. The van der Waals surface area contributed by atoms with Gasteiger partial charge in [0.05, 0.1) is 16.3 Å². The highest BCUT2D eigenvalue weighted by atomic mass is 35.5. The van der Waals surface area contributed by atoms with Gasteiger partial charge in [-0.25, -0.2) is 9.78 Å². The van der Waals surface area contributed by atoms with Gasteiger partial charge in [-0.05, 0) is 31.0 Å². The third-order valence-corrected chi connectivity index (χ3v) is 4.16. The van der Waals surface area contributed by atoms with Gasteiger partial charge in [0.2, 0.25) is 0 Å². The summed E-state index contributed by atoms with van der Waals surface area (Å²) < 4.78 is 10.2. The lowest BCUT2D eigenvalue weighted by molar-refractivity contribution is -0.156. The van der Waals surface area contributed by atoms with Crippen molar-refractivity contribution in [1.29, 1.82) is 0 Å². The van der Waals surface area contributed by atoms with Gasteiger partial charge in [0.15, 0.2) is 17.7 Å². The fourth-order valence-electron chi connectivity index (χ4n) is 2.14. The number of anilines is 1. The first-order valence-electron chi connectivity index (χ1n) is 8.35. The average Bonchev–Trinajstić information content (AvgIpc) is 3.16. The van der Waals surface area contributed by atoms with Crippen molar-refractivity contribution in [3.63, 3.8) is 0 Å². The van der Waals surface area contributed by atoms with Gasteiger partial charge < -0.3 is 19.8 Å². The molecule has 150 valence electrons. The van der Waals surface area contributed by atoms with Gasteiger partial charge in [-0.15, -0.1) is 0 Å². The Hall–Kier alpha value is -2.58. The van der Waals surface area contributed by atoms with Crippen molar-refractivity contribution < 1.29 is 23.5 Å². The topological polar surface area (TPSA) is 111 Å². The molecule has 0 fully saturated rings. The minimum absolute atomic E-state index is 0.0627. The number of aromatic nitrogens is 1. The number of halogens is 2. The molecule has 0 radical (unpaired) electrons. The minimum atomic E-state index is -1.15. The quantitative estimate of drug-likeness (QED) is 0.655. The van der Waals surface area contributed by atoms with Gasteiger partial charge >= 0.3 is 5.97 Å². The number of carbonyl (C=O) groups is 3. The number of nitrogens with one attached hydrogen (secondary N) is 2. The summed E-state index contributed by atoms with van der Waals surface area (Å²) in [6.07, 6.45) is 1.52. The van der Waals surface area contributed by atoms with E-state index in [1.54, 1.807) is 19.9 Å². The van der Waals surface area contributed by atoms with Crippen LogP contribution in [0.15, 0.2) is 35.1 Å². The molecule has 0 bridgehead atoms. The number of nitrogens with zero attached hydrogens (tertiary/aromatic N) is 1. The number of carbonyl (C=O) groups excluding carboxylic acids is 3. The second kappa shape index (κ2) is 9.57. The summed E-state index contributed by atoms with van der Waals surface area (Å²) in [5.41, 5.74) is 0. The molecule has 0 saturated heterocycles. The zero-order valence-electron chi connectivity index (χ0n) is 15.4. The maximum atomic E-state index is 12.5. The number of esters is 1. The highest BCUT2D eigenvalue weighted by Crippen LogP contribution is 2.22. The van der Waals surface area contributed by atoms with Crippen LogP contribution < -0.4 is 10.6 Å². The number of rotatable bonds is 7. The lowest BCUT2D eigenvalue weighted by Gasteiger charge is -2.22. The highest BCUT2D eigenvalue weighted by molar-refractivity contribution is 6.36. The molecule has 2 amide bonds. The first-order valence-corrected chi connectivity index (χ1v) is 9.11. The van der Waals surface area contributed by atoms with Crippen LogP contribution in [0, 0.1) is 5.92 Å². The number of ether oxygens (including phenoxy) is 1. The van der Waals surface area contributed by atoms with Crippen LogP contribution in [0.3, 0.4) is 0 Å². The molecule has 10 heteroatoms. The van der Waals surface area contributed by atoms with E-state index in [9.17, 15) is 14.4 Å². The van der Waals surface area contributed by atoms with Crippen molar-refractivity contribution in [3.8, 4) is 0 Å². The summed E-state index contributed by atoms with van der Waals surface area (Å²) in [5.74, 6) is -2.08. The molecule has 28 heavy (non-hydrogen) atoms. The van der Waals surface area contributed by atoms with E-state index in [0.717, 1.165) is 0 Å². The summed E-state index contributed by atoms with van der Waals surface area (Å²) in [4.78, 5) is 40.8. The number of hydrogen-bond donors (Lipinski definition) is 2. The molecule has 2 N–H and O–H groups in total. The normalized spacial score (nSPS) is 12.9. The van der Waals surface area contributed by atoms with E-state index in [1.165, 1.54) is 31.5 Å².